The highest BCUT2D eigenvalue weighted by molar-refractivity contribution is 7.17. The minimum atomic E-state index is -0.890. The van der Waals surface area contributed by atoms with E-state index < -0.39 is 5.54 Å². The molecule has 7 heteroatoms. The fourth-order valence-corrected chi connectivity index (χ4v) is 7.48. The van der Waals surface area contributed by atoms with Crippen LogP contribution in [-0.4, -0.2) is 63.9 Å². The Morgan fingerprint density at radius 3 is 2.57 bits per heavy atom. The Kier molecular flexibility index (Phi) is 9.38. The van der Waals surface area contributed by atoms with Crippen molar-refractivity contribution in [3.05, 3.63) is 23.2 Å². The topological polar surface area (TPSA) is 57.6 Å². The van der Waals surface area contributed by atoms with Gasteiger partial charge < -0.3 is 19.7 Å². The molecule has 0 saturated heterocycles. The monoisotopic (exact) mass is 528 g/mol. The van der Waals surface area contributed by atoms with Crippen LogP contribution < -0.4 is 5.32 Å². The molecule has 2 aliphatic carbocycles. The van der Waals surface area contributed by atoms with Gasteiger partial charge in [-0.15, -0.1) is 11.3 Å². The smallest absolute Gasteiger partial charge is 0.271 e. The first-order valence-corrected chi connectivity index (χ1v) is 15.7. The van der Waals surface area contributed by atoms with Crippen molar-refractivity contribution in [2.24, 2.45) is 5.92 Å². The van der Waals surface area contributed by atoms with Crippen molar-refractivity contribution in [2.75, 3.05) is 20.1 Å². The van der Waals surface area contributed by atoms with Crippen LogP contribution in [0.1, 0.15) is 102 Å². The van der Waals surface area contributed by atoms with Gasteiger partial charge in [0.05, 0.1) is 16.8 Å². The van der Waals surface area contributed by atoms with Crippen molar-refractivity contribution in [2.45, 2.75) is 116 Å². The Hall–Kier alpha value is -1.86. The maximum absolute atomic E-state index is 13.9. The highest BCUT2D eigenvalue weighted by Gasteiger charge is 2.48. The van der Waals surface area contributed by atoms with Gasteiger partial charge >= 0.3 is 0 Å². The van der Waals surface area contributed by atoms with E-state index in [0.717, 1.165) is 41.7 Å². The summed E-state index contributed by atoms with van der Waals surface area (Å²) in [6.45, 7) is 10.3. The van der Waals surface area contributed by atoms with E-state index in [1.165, 1.54) is 44.9 Å². The second kappa shape index (κ2) is 12.3. The second-order valence-corrected chi connectivity index (χ2v) is 12.4. The number of carbonyl (C=O) groups is 2. The van der Waals surface area contributed by atoms with Crippen molar-refractivity contribution in [1.29, 1.82) is 0 Å². The van der Waals surface area contributed by atoms with Gasteiger partial charge in [0.25, 0.3) is 5.91 Å². The van der Waals surface area contributed by atoms with Crippen LogP contribution in [0.2, 0.25) is 0 Å². The quantitative estimate of drug-likeness (QED) is 0.459. The first kappa shape index (κ1) is 28.2. The van der Waals surface area contributed by atoms with Crippen LogP contribution in [0.5, 0.6) is 0 Å². The summed E-state index contributed by atoms with van der Waals surface area (Å²) in [5.74, 6) is 0.487. The summed E-state index contributed by atoms with van der Waals surface area (Å²) in [5.41, 5.74) is 0.905. The molecule has 2 aromatic rings. The first-order chi connectivity index (χ1) is 17.9. The fraction of sp³-hybridized carbons (Fsp3) is 0.733. The SMILES string of the molecule is CC.CC1CCCCC1NC(=O)C1(C)Cn2c(cc3sccc32)C(=O)N1CCCN(C)C1CCCCC1. The van der Waals surface area contributed by atoms with Gasteiger partial charge in [-0.25, -0.2) is 0 Å². The molecule has 0 spiro atoms. The summed E-state index contributed by atoms with van der Waals surface area (Å²) in [5, 5.41) is 5.46. The molecule has 2 aromatic heterocycles. The summed E-state index contributed by atoms with van der Waals surface area (Å²) >= 11 is 1.66. The van der Waals surface area contributed by atoms with Gasteiger partial charge in [0, 0.05) is 18.6 Å². The molecule has 5 rings (SSSR count). The van der Waals surface area contributed by atoms with Crippen LogP contribution in [0, 0.1) is 5.92 Å². The van der Waals surface area contributed by atoms with Gasteiger partial charge in [0.15, 0.2) is 0 Å². The molecule has 0 radical (unpaired) electrons. The molecule has 3 unspecified atom stereocenters. The summed E-state index contributed by atoms with van der Waals surface area (Å²) in [6.07, 6.45) is 12.1. The summed E-state index contributed by atoms with van der Waals surface area (Å²) in [4.78, 5) is 32.1. The zero-order valence-corrected chi connectivity index (χ0v) is 24.5. The molecular weight excluding hydrogens is 480 g/mol. The molecule has 2 saturated carbocycles. The van der Waals surface area contributed by atoms with E-state index >= 15 is 0 Å². The van der Waals surface area contributed by atoms with E-state index in [9.17, 15) is 9.59 Å². The average molecular weight is 529 g/mol. The number of fused-ring (bicyclic) bond motifs is 3. The van der Waals surface area contributed by atoms with Crippen LogP contribution in [0.15, 0.2) is 17.5 Å². The van der Waals surface area contributed by atoms with Crippen LogP contribution in [0.3, 0.4) is 0 Å². The third-order valence-electron chi connectivity index (χ3n) is 9.06. The lowest BCUT2D eigenvalue weighted by molar-refractivity contribution is -0.134. The molecule has 3 aliphatic rings. The number of thiophene rings is 1. The van der Waals surface area contributed by atoms with Gasteiger partial charge in [-0.05, 0) is 76.1 Å². The van der Waals surface area contributed by atoms with E-state index in [-0.39, 0.29) is 17.9 Å². The molecular formula is C30H48N4O2S. The van der Waals surface area contributed by atoms with Gasteiger partial charge in [-0.1, -0.05) is 52.9 Å². The normalized spacial score (nSPS) is 26.6. The molecule has 0 bridgehead atoms. The number of amides is 2. The highest BCUT2D eigenvalue weighted by atomic mass is 32.1. The second-order valence-electron chi connectivity index (χ2n) is 11.5. The molecule has 2 amide bonds. The lowest BCUT2D eigenvalue weighted by Crippen LogP contribution is -2.65. The van der Waals surface area contributed by atoms with Crippen LogP contribution >= 0.6 is 11.3 Å². The molecule has 0 aromatic carbocycles. The fourth-order valence-electron chi connectivity index (χ4n) is 6.66. The summed E-state index contributed by atoms with van der Waals surface area (Å²) in [7, 11) is 2.23. The molecule has 3 atom stereocenters. The standard InChI is InChI=1S/C28H42N4O2S.C2H6/c1-20-10-7-8-13-22(20)29-27(34)28(2)19-31-23-14-17-35-25(23)18-24(31)26(33)32(28)16-9-15-30(3)21-11-5-4-6-12-21;1-2/h14,17-18,20-22H,4-13,15-16,19H2,1-3H3,(H,29,34);1-2H3. The molecule has 37 heavy (non-hydrogen) atoms. The van der Waals surface area contributed by atoms with E-state index in [1.807, 2.05) is 31.7 Å². The third-order valence-corrected chi connectivity index (χ3v) is 9.91. The first-order valence-electron chi connectivity index (χ1n) is 14.8. The van der Waals surface area contributed by atoms with E-state index in [4.69, 9.17) is 0 Å². The van der Waals surface area contributed by atoms with E-state index in [1.54, 1.807) is 11.3 Å². The predicted octanol–water partition coefficient (Wildman–Crippen LogP) is 6.29. The maximum Gasteiger partial charge on any atom is 0.271 e. The minimum Gasteiger partial charge on any atom is -0.351 e. The predicted molar refractivity (Wildman–Crippen MR) is 154 cm³/mol. The highest BCUT2D eigenvalue weighted by Crippen LogP contribution is 2.35. The third kappa shape index (κ3) is 5.78. The Labute approximate surface area is 227 Å². The minimum absolute atomic E-state index is 0.00527. The van der Waals surface area contributed by atoms with Gasteiger partial charge in [0.2, 0.25) is 5.91 Å². The number of hydrogen-bond donors (Lipinski definition) is 1. The lowest BCUT2D eigenvalue weighted by Gasteiger charge is -2.45. The summed E-state index contributed by atoms with van der Waals surface area (Å²) < 4.78 is 3.21. The van der Waals surface area contributed by atoms with Gasteiger partial charge in [-0.3, -0.25) is 9.59 Å². The molecule has 206 valence electrons. The molecule has 2 fully saturated rings. The average Bonchev–Trinajstić information content (AvgIpc) is 3.51. The van der Waals surface area contributed by atoms with Crippen molar-refractivity contribution in [3.8, 4) is 0 Å². The van der Waals surface area contributed by atoms with Crippen molar-refractivity contribution >= 4 is 33.4 Å². The molecule has 3 heterocycles. The molecule has 1 aliphatic heterocycles. The van der Waals surface area contributed by atoms with Crippen LogP contribution in [-0.2, 0) is 11.3 Å². The van der Waals surface area contributed by atoms with Crippen LogP contribution in [0.4, 0.5) is 0 Å². The maximum atomic E-state index is 13.9. The van der Waals surface area contributed by atoms with Crippen molar-refractivity contribution < 1.29 is 9.59 Å². The van der Waals surface area contributed by atoms with Crippen molar-refractivity contribution in [1.82, 2.24) is 19.7 Å². The largest absolute Gasteiger partial charge is 0.351 e. The number of rotatable bonds is 7. The van der Waals surface area contributed by atoms with Gasteiger partial charge in [0.1, 0.15) is 11.2 Å². The number of aromatic nitrogens is 1. The molecule has 6 nitrogen and oxygen atoms in total. The zero-order chi connectivity index (χ0) is 26.6. The van der Waals surface area contributed by atoms with Crippen LogP contribution in [0.25, 0.3) is 10.2 Å². The summed E-state index contributed by atoms with van der Waals surface area (Å²) in [6, 6.07) is 4.96. The lowest BCUT2D eigenvalue weighted by atomic mass is 9.85. The van der Waals surface area contributed by atoms with E-state index in [0.29, 0.717) is 25.0 Å². The Balaban J connectivity index is 0.00000156. The van der Waals surface area contributed by atoms with Gasteiger partial charge in [-0.2, -0.15) is 0 Å². The number of nitrogens with zero attached hydrogens (tertiary/aromatic N) is 3. The number of nitrogens with one attached hydrogen (secondary N) is 1. The Morgan fingerprint density at radius 2 is 1.84 bits per heavy atom. The zero-order valence-electron chi connectivity index (χ0n) is 23.7. The van der Waals surface area contributed by atoms with Crippen molar-refractivity contribution in [3.63, 3.8) is 0 Å². The number of carbonyl (C=O) groups excluding carboxylic acids is 2. The molecule has 1 N–H and O–H groups in total. The van der Waals surface area contributed by atoms with E-state index in [2.05, 4.69) is 40.2 Å². The Morgan fingerprint density at radius 1 is 1.14 bits per heavy atom. The number of hydrogen-bond acceptors (Lipinski definition) is 4. The Bertz CT molecular complexity index is 1060.